The molecule has 0 unspecified atom stereocenters. The topological polar surface area (TPSA) is 51.6 Å². The summed E-state index contributed by atoms with van der Waals surface area (Å²) in [4.78, 5) is 21.1. The van der Waals surface area contributed by atoms with Gasteiger partial charge in [0.2, 0.25) is 0 Å². The summed E-state index contributed by atoms with van der Waals surface area (Å²) in [6.07, 6.45) is 3.78. The number of pyridine rings is 2. The molecule has 5 aromatic carbocycles. The Kier molecular flexibility index (Phi) is 7.05. The van der Waals surface area contributed by atoms with Gasteiger partial charge in [-0.2, -0.15) is 0 Å². The van der Waals surface area contributed by atoms with Crippen molar-refractivity contribution < 1.29 is 0 Å². The molecule has 0 spiro atoms. The van der Waals surface area contributed by atoms with Crippen molar-refractivity contribution in [1.82, 2.24) is 19.9 Å². The van der Waals surface area contributed by atoms with E-state index in [1.54, 1.807) is 22.7 Å². The molecular formula is C45H28N4S2. The SMILES string of the molecule is c1ccc(C2(c3ccccc3)c3cc(-c4cccc(-c5cncs5)n4)ccc3-c3c2cc(-c2cccc(-c4cncs4)n2)c2ccccc32)cc1. The molecule has 0 fully saturated rings. The van der Waals surface area contributed by atoms with Crippen molar-refractivity contribution in [3.63, 3.8) is 0 Å². The molecule has 1 aliphatic rings. The second kappa shape index (κ2) is 12.1. The summed E-state index contributed by atoms with van der Waals surface area (Å²) in [5.74, 6) is 0. The van der Waals surface area contributed by atoms with Crippen molar-refractivity contribution in [1.29, 1.82) is 0 Å². The lowest BCUT2D eigenvalue weighted by molar-refractivity contribution is 0.769. The lowest BCUT2D eigenvalue weighted by Gasteiger charge is -2.34. The van der Waals surface area contributed by atoms with Crippen molar-refractivity contribution in [3.05, 3.63) is 191 Å². The number of thiazole rings is 2. The number of hydrogen-bond acceptors (Lipinski definition) is 6. The molecule has 4 heterocycles. The summed E-state index contributed by atoms with van der Waals surface area (Å²) in [6, 6.07) is 52.6. The quantitative estimate of drug-likeness (QED) is 0.174. The van der Waals surface area contributed by atoms with Crippen LogP contribution in [-0.2, 0) is 5.41 Å². The van der Waals surface area contributed by atoms with Gasteiger partial charge < -0.3 is 0 Å². The van der Waals surface area contributed by atoms with E-state index in [1.807, 2.05) is 23.4 Å². The fourth-order valence-corrected chi connectivity index (χ4v) is 9.04. The van der Waals surface area contributed by atoms with Gasteiger partial charge in [-0.3, -0.25) is 9.97 Å². The molecule has 4 nitrogen and oxygen atoms in total. The Morgan fingerprint density at radius 3 is 1.63 bits per heavy atom. The van der Waals surface area contributed by atoms with E-state index in [2.05, 4.69) is 156 Å². The molecule has 0 atom stereocenters. The van der Waals surface area contributed by atoms with Crippen LogP contribution in [0.4, 0.5) is 0 Å². The minimum atomic E-state index is -0.605. The van der Waals surface area contributed by atoms with Crippen molar-refractivity contribution in [2.24, 2.45) is 0 Å². The van der Waals surface area contributed by atoms with E-state index in [4.69, 9.17) is 9.97 Å². The average molecular weight is 689 g/mol. The van der Waals surface area contributed by atoms with Gasteiger partial charge in [-0.1, -0.05) is 109 Å². The number of hydrogen-bond donors (Lipinski definition) is 0. The summed E-state index contributed by atoms with van der Waals surface area (Å²) in [5, 5.41) is 2.39. The second-order valence-corrected chi connectivity index (χ2v) is 14.5. The van der Waals surface area contributed by atoms with Gasteiger partial charge in [0.25, 0.3) is 0 Å². The number of fused-ring (bicyclic) bond motifs is 5. The second-order valence-electron chi connectivity index (χ2n) is 12.7. The van der Waals surface area contributed by atoms with Gasteiger partial charge in [-0.15, -0.1) is 22.7 Å². The zero-order chi connectivity index (χ0) is 33.8. The Labute approximate surface area is 303 Å². The number of rotatable bonds is 6. The highest BCUT2D eigenvalue weighted by Crippen LogP contribution is 2.59. The Morgan fingerprint density at radius 1 is 0.431 bits per heavy atom. The van der Waals surface area contributed by atoms with Crippen LogP contribution in [0.1, 0.15) is 22.3 Å². The smallest absolute Gasteiger partial charge is 0.0825 e. The highest BCUT2D eigenvalue weighted by atomic mass is 32.1. The van der Waals surface area contributed by atoms with Crippen LogP contribution in [0.25, 0.3) is 65.6 Å². The van der Waals surface area contributed by atoms with Gasteiger partial charge >= 0.3 is 0 Å². The maximum absolute atomic E-state index is 5.25. The Hall–Kier alpha value is -6.08. The van der Waals surface area contributed by atoms with Crippen LogP contribution < -0.4 is 0 Å². The van der Waals surface area contributed by atoms with E-state index >= 15 is 0 Å². The first-order chi connectivity index (χ1) is 25.3. The molecule has 0 aliphatic heterocycles. The number of nitrogens with zero attached hydrogens (tertiary/aromatic N) is 4. The van der Waals surface area contributed by atoms with Gasteiger partial charge in [0.05, 0.1) is 49.0 Å². The largest absolute Gasteiger partial charge is 0.252 e. The molecule has 0 saturated carbocycles. The number of aromatic nitrogens is 4. The van der Waals surface area contributed by atoms with Gasteiger partial charge in [-0.05, 0) is 80.6 Å². The van der Waals surface area contributed by atoms with E-state index < -0.39 is 5.41 Å². The third-order valence-corrected chi connectivity index (χ3v) is 11.6. The third-order valence-electron chi connectivity index (χ3n) is 9.99. The van der Waals surface area contributed by atoms with Crippen molar-refractivity contribution in [3.8, 4) is 54.8 Å². The first-order valence-corrected chi connectivity index (χ1v) is 18.6. The molecule has 0 amide bonds. The lowest BCUT2D eigenvalue weighted by atomic mass is 9.67. The highest BCUT2D eigenvalue weighted by Gasteiger charge is 2.47. The molecular weight excluding hydrogens is 661 g/mol. The van der Waals surface area contributed by atoms with Crippen LogP contribution in [0.5, 0.6) is 0 Å². The monoisotopic (exact) mass is 688 g/mol. The summed E-state index contributed by atoms with van der Waals surface area (Å²) in [5.41, 5.74) is 16.4. The zero-order valence-electron chi connectivity index (χ0n) is 27.3. The van der Waals surface area contributed by atoms with Crippen LogP contribution in [0.3, 0.4) is 0 Å². The predicted molar refractivity (Wildman–Crippen MR) is 210 cm³/mol. The van der Waals surface area contributed by atoms with Crippen LogP contribution >= 0.6 is 22.7 Å². The van der Waals surface area contributed by atoms with Crippen LogP contribution in [-0.4, -0.2) is 19.9 Å². The number of benzene rings is 5. The van der Waals surface area contributed by atoms with E-state index in [9.17, 15) is 0 Å². The average Bonchev–Trinajstić information content (AvgIpc) is 4.00. The molecule has 10 rings (SSSR count). The van der Waals surface area contributed by atoms with Gasteiger partial charge in [0.15, 0.2) is 0 Å². The summed E-state index contributed by atoms with van der Waals surface area (Å²) < 4.78 is 0. The molecule has 1 aliphatic carbocycles. The zero-order valence-corrected chi connectivity index (χ0v) is 28.9. The van der Waals surface area contributed by atoms with Crippen LogP contribution in [0.15, 0.2) is 169 Å². The highest BCUT2D eigenvalue weighted by molar-refractivity contribution is 7.13. The maximum Gasteiger partial charge on any atom is 0.0825 e. The minimum Gasteiger partial charge on any atom is -0.252 e. The molecule has 0 radical (unpaired) electrons. The van der Waals surface area contributed by atoms with E-state index in [-0.39, 0.29) is 0 Å². The maximum atomic E-state index is 5.25. The molecule has 0 N–H and O–H groups in total. The van der Waals surface area contributed by atoms with Gasteiger partial charge in [0.1, 0.15) is 0 Å². The summed E-state index contributed by atoms with van der Waals surface area (Å²) >= 11 is 3.21. The molecule has 9 aromatic rings. The molecule has 51 heavy (non-hydrogen) atoms. The Morgan fingerprint density at radius 2 is 1.00 bits per heavy atom. The standard InChI is InChI=1S/C45H28N4S2/c1-3-11-30(12-4-1)45(31-13-5-2-6-14-31)36-23-29(38-17-9-19-40(48-38)42-25-46-27-50-42)21-22-34(36)44-33-16-8-7-15-32(33)35(24-37(44)45)39-18-10-20-41(49-39)43-26-47-28-51-43/h1-28H. The lowest BCUT2D eigenvalue weighted by Crippen LogP contribution is -2.28. The summed E-state index contributed by atoms with van der Waals surface area (Å²) in [6.45, 7) is 0. The van der Waals surface area contributed by atoms with Crippen molar-refractivity contribution in [2.45, 2.75) is 5.41 Å². The first-order valence-electron chi connectivity index (χ1n) is 16.8. The Balaban J connectivity index is 1.29. The van der Waals surface area contributed by atoms with Crippen LogP contribution in [0.2, 0.25) is 0 Å². The van der Waals surface area contributed by atoms with Crippen molar-refractivity contribution >= 4 is 33.4 Å². The molecule has 240 valence electrons. The fraction of sp³-hybridized carbons (Fsp3) is 0.0222. The van der Waals surface area contributed by atoms with E-state index in [1.165, 1.54) is 44.2 Å². The fourth-order valence-electron chi connectivity index (χ4n) is 7.85. The normalized spacial score (nSPS) is 12.9. The predicted octanol–water partition coefficient (Wildman–Crippen LogP) is 11.6. The van der Waals surface area contributed by atoms with E-state index in [0.29, 0.717) is 0 Å². The summed E-state index contributed by atoms with van der Waals surface area (Å²) in [7, 11) is 0. The van der Waals surface area contributed by atoms with Crippen LogP contribution in [0, 0.1) is 0 Å². The minimum absolute atomic E-state index is 0.605. The molecule has 0 saturated heterocycles. The van der Waals surface area contributed by atoms with Gasteiger partial charge in [-0.25, -0.2) is 9.97 Å². The Bertz CT molecular complexity index is 2650. The van der Waals surface area contributed by atoms with Gasteiger partial charge in [0, 0.05) is 23.5 Å². The van der Waals surface area contributed by atoms with E-state index in [0.717, 1.165) is 43.7 Å². The third kappa shape index (κ3) is 4.72. The first kappa shape index (κ1) is 29.8. The molecule has 0 bridgehead atoms. The molecule has 4 aromatic heterocycles. The molecule has 6 heteroatoms. The van der Waals surface area contributed by atoms with Crippen molar-refractivity contribution in [2.75, 3.05) is 0 Å².